The van der Waals surface area contributed by atoms with Crippen LogP contribution < -0.4 is 0 Å². The zero-order valence-corrected chi connectivity index (χ0v) is 10.4. The van der Waals surface area contributed by atoms with Crippen LogP contribution in [-0.4, -0.2) is 26.4 Å². The van der Waals surface area contributed by atoms with Gasteiger partial charge in [-0.2, -0.15) is 16.9 Å². The lowest BCUT2D eigenvalue weighted by Crippen LogP contribution is -2.15. The molecule has 1 aliphatic heterocycles. The van der Waals surface area contributed by atoms with Gasteiger partial charge in [-0.1, -0.05) is 0 Å². The lowest BCUT2D eigenvalue weighted by atomic mass is 9.99. The van der Waals surface area contributed by atoms with Crippen molar-refractivity contribution in [2.75, 3.05) is 11.5 Å². The van der Waals surface area contributed by atoms with Crippen molar-refractivity contribution in [1.29, 1.82) is 0 Å². The van der Waals surface area contributed by atoms with Crippen LogP contribution in [0.5, 0.6) is 0 Å². The van der Waals surface area contributed by atoms with Crippen LogP contribution in [0.3, 0.4) is 0 Å². The number of thioether (sulfide) groups is 1. The summed E-state index contributed by atoms with van der Waals surface area (Å²) < 4.78 is 2.65. The van der Waals surface area contributed by atoms with Crippen LogP contribution in [0.25, 0.3) is 0 Å². The summed E-state index contributed by atoms with van der Waals surface area (Å²) in [6.07, 6.45) is 2.45. The van der Waals surface area contributed by atoms with Gasteiger partial charge in [0.1, 0.15) is 6.10 Å². The lowest BCUT2D eigenvalue weighted by Gasteiger charge is -2.17. The van der Waals surface area contributed by atoms with Crippen LogP contribution in [0.15, 0.2) is 10.7 Å². The molecule has 1 aromatic heterocycles. The molecule has 14 heavy (non-hydrogen) atoms. The van der Waals surface area contributed by atoms with Gasteiger partial charge in [-0.3, -0.25) is 4.68 Å². The largest absolute Gasteiger partial charge is 0.386 e. The second kappa shape index (κ2) is 4.24. The van der Waals surface area contributed by atoms with E-state index in [2.05, 4.69) is 21.0 Å². The first-order chi connectivity index (χ1) is 6.70. The Balaban J connectivity index is 2.21. The van der Waals surface area contributed by atoms with Crippen LogP contribution in [0.4, 0.5) is 0 Å². The van der Waals surface area contributed by atoms with Gasteiger partial charge in [-0.15, -0.1) is 0 Å². The number of hydrogen-bond donors (Lipinski definition) is 1. The maximum absolute atomic E-state index is 10.2. The molecule has 1 saturated heterocycles. The normalized spacial score (nSPS) is 24.1. The lowest BCUT2D eigenvalue weighted by molar-refractivity contribution is 0.112. The van der Waals surface area contributed by atoms with E-state index in [1.165, 1.54) is 0 Å². The molecule has 0 aliphatic carbocycles. The summed E-state index contributed by atoms with van der Waals surface area (Å²) in [5.41, 5.74) is 0.900. The molecule has 5 heteroatoms. The Hall–Kier alpha value is -0.0000000000000000555. The van der Waals surface area contributed by atoms with E-state index in [4.69, 9.17) is 0 Å². The van der Waals surface area contributed by atoms with E-state index in [0.29, 0.717) is 5.92 Å². The highest BCUT2D eigenvalue weighted by Gasteiger charge is 2.28. The number of aromatic nitrogens is 2. The van der Waals surface area contributed by atoms with E-state index in [-0.39, 0.29) is 6.10 Å². The Labute approximate surface area is 96.0 Å². The van der Waals surface area contributed by atoms with E-state index in [9.17, 15) is 5.11 Å². The van der Waals surface area contributed by atoms with Gasteiger partial charge >= 0.3 is 0 Å². The monoisotopic (exact) mass is 276 g/mol. The molecule has 0 aromatic carbocycles. The first-order valence-electron chi connectivity index (χ1n) is 4.63. The Bertz CT molecular complexity index is 303. The molecule has 3 nitrogen and oxygen atoms in total. The van der Waals surface area contributed by atoms with Crippen LogP contribution in [-0.2, 0) is 7.05 Å². The van der Waals surface area contributed by atoms with Gasteiger partial charge in [0.15, 0.2) is 0 Å². The molecule has 2 unspecified atom stereocenters. The predicted octanol–water partition coefficient (Wildman–Crippen LogP) is 1.97. The van der Waals surface area contributed by atoms with Crippen LogP contribution in [0.2, 0.25) is 0 Å². The van der Waals surface area contributed by atoms with Crippen molar-refractivity contribution in [3.8, 4) is 0 Å². The molecule has 0 saturated carbocycles. The summed E-state index contributed by atoms with van der Waals surface area (Å²) in [5, 5.41) is 14.3. The molecule has 78 valence electrons. The smallest absolute Gasteiger partial charge is 0.100 e. The first kappa shape index (κ1) is 10.5. The average Bonchev–Trinajstić information content (AvgIpc) is 2.75. The molecule has 1 N–H and O–H groups in total. The SMILES string of the molecule is Cn1ncc(Br)c1C(O)C1CCSC1. The molecule has 0 spiro atoms. The molecular formula is C9H13BrN2OS. The number of aryl methyl sites for hydroxylation is 1. The Morgan fingerprint density at radius 3 is 3.07 bits per heavy atom. The number of aliphatic hydroxyl groups excluding tert-OH is 1. The second-order valence-corrected chi connectivity index (χ2v) is 5.57. The average molecular weight is 277 g/mol. The molecule has 1 aliphatic rings. The molecule has 2 atom stereocenters. The number of nitrogens with zero attached hydrogens (tertiary/aromatic N) is 2. The van der Waals surface area contributed by atoms with E-state index in [1.54, 1.807) is 10.9 Å². The van der Waals surface area contributed by atoms with Gasteiger partial charge in [0.25, 0.3) is 0 Å². The summed E-state index contributed by atoms with van der Waals surface area (Å²) in [5.74, 6) is 2.60. The van der Waals surface area contributed by atoms with Crippen molar-refractivity contribution in [3.63, 3.8) is 0 Å². The third-order valence-corrected chi connectivity index (χ3v) is 4.43. The maximum atomic E-state index is 10.2. The van der Waals surface area contributed by atoms with Gasteiger partial charge in [-0.05, 0) is 33.9 Å². The number of rotatable bonds is 2. The van der Waals surface area contributed by atoms with Gasteiger partial charge in [0, 0.05) is 13.0 Å². The fourth-order valence-corrected chi connectivity index (χ4v) is 3.65. The second-order valence-electron chi connectivity index (χ2n) is 3.57. The minimum Gasteiger partial charge on any atom is -0.386 e. The number of aliphatic hydroxyl groups is 1. The third-order valence-electron chi connectivity index (χ3n) is 2.63. The van der Waals surface area contributed by atoms with E-state index < -0.39 is 0 Å². The summed E-state index contributed by atoms with van der Waals surface area (Å²) in [6, 6.07) is 0. The summed E-state index contributed by atoms with van der Waals surface area (Å²) in [4.78, 5) is 0. The topological polar surface area (TPSA) is 38.0 Å². The third kappa shape index (κ3) is 1.85. The van der Waals surface area contributed by atoms with Crippen LogP contribution in [0, 0.1) is 5.92 Å². The van der Waals surface area contributed by atoms with Crippen molar-refractivity contribution < 1.29 is 5.11 Å². The van der Waals surface area contributed by atoms with Crippen molar-refractivity contribution in [1.82, 2.24) is 9.78 Å². The zero-order chi connectivity index (χ0) is 10.1. The minimum atomic E-state index is -0.383. The molecule has 2 heterocycles. The zero-order valence-electron chi connectivity index (χ0n) is 7.98. The van der Waals surface area contributed by atoms with Crippen molar-refractivity contribution in [3.05, 3.63) is 16.4 Å². The molecule has 0 bridgehead atoms. The summed E-state index contributed by atoms with van der Waals surface area (Å²) in [6.45, 7) is 0. The van der Waals surface area contributed by atoms with Crippen molar-refractivity contribution >= 4 is 27.7 Å². The Morgan fingerprint density at radius 1 is 1.79 bits per heavy atom. The maximum Gasteiger partial charge on any atom is 0.100 e. The quantitative estimate of drug-likeness (QED) is 0.898. The number of halogens is 1. The first-order valence-corrected chi connectivity index (χ1v) is 6.58. The van der Waals surface area contributed by atoms with Crippen molar-refractivity contribution in [2.45, 2.75) is 12.5 Å². The van der Waals surface area contributed by atoms with E-state index in [0.717, 1.165) is 28.1 Å². The predicted molar refractivity (Wildman–Crippen MR) is 61.3 cm³/mol. The summed E-state index contributed by atoms with van der Waals surface area (Å²) in [7, 11) is 1.87. The molecule has 0 amide bonds. The van der Waals surface area contributed by atoms with Crippen LogP contribution >= 0.6 is 27.7 Å². The molecule has 0 radical (unpaired) electrons. The molecule has 1 aromatic rings. The van der Waals surface area contributed by atoms with Gasteiger partial charge < -0.3 is 5.11 Å². The highest BCUT2D eigenvalue weighted by atomic mass is 79.9. The van der Waals surface area contributed by atoms with Gasteiger partial charge in [-0.25, -0.2) is 0 Å². The van der Waals surface area contributed by atoms with Gasteiger partial charge in [0.2, 0.25) is 0 Å². The molecular weight excluding hydrogens is 264 g/mol. The molecule has 1 fully saturated rings. The fourth-order valence-electron chi connectivity index (χ4n) is 1.78. The standard InChI is InChI=1S/C9H13BrN2OS/c1-12-8(7(10)4-11-12)9(13)6-2-3-14-5-6/h4,6,9,13H,2-3,5H2,1H3. The van der Waals surface area contributed by atoms with E-state index in [1.807, 2.05) is 18.8 Å². The number of hydrogen-bond acceptors (Lipinski definition) is 3. The van der Waals surface area contributed by atoms with Crippen molar-refractivity contribution in [2.24, 2.45) is 13.0 Å². The van der Waals surface area contributed by atoms with Crippen LogP contribution in [0.1, 0.15) is 18.2 Å². The summed E-state index contributed by atoms with van der Waals surface area (Å²) >= 11 is 5.33. The van der Waals surface area contributed by atoms with E-state index >= 15 is 0 Å². The molecule has 2 rings (SSSR count). The van der Waals surface area contributed by atoms with Gasteiger partial charge in [0.05, 0.1) is 16.4 Å². The Morgan fingerprint density at radius 2 is 2.57 bits per heavy atom. The Kier molecular flexibility index (Phi) is 3.19. The highest BCUT2D eigenvalue weighted by molar-refractivity contribution is 9.10. The highest BCUT2D eigenvalue weighted by Crippen LogP contribution is 2.36. The fraction of sp³-hybridized carbons (Fsp3) is 0.667. The minimum absolute atomic E-state index is 0.381.